The summed E-state index contributed by atoms with van der Waals surface area (Å²) in [5.74, 6) is -0.511. The predicted molar refractivity (Wildman–Crippen MR) is 96.8 cm³/mol. The first kappa shape index (κ1) is 18.5. The van der Waals surface area contributed by atoms with Gasteiger partial charge in [0.25, 0.3) is 0 Å². The van der Waals surface area contributed by atoms with Crippen LogP contribution in [0.2, 0.25) is 0 Å². The molecule has 0 aliphatic rings. The van der Waals surface area contributed by atoms with Crippen LogP contribution in [0.4, 0.5) is 0 Å². The van der Waals surface area contributed by atoms with E-state index in [0.717, 1.165) is 16.5 Å². The summed E-state index contributed by atoms with van der Waals surface area (Å²) in [5, 5.41) is 13.3. The van der Waals surface area contributed by atoms with Crippen LogP contribution in [0.3, 0.4) is 0 Å². The molecule has 0 aliphatic carbocycles. The number of benzene rings is 1. The smallest absolute Gasteiger partial charge is 0.237 e. The second kappa shape index (κ2) is 8.84. The zero-order chi connectivity index (χ0) is 18.2. The van der Waals surface area contributed by atoms with Gasteiger partial charge in [0.15, 0.2) is 5.96 Å². The molecule has 0 saturated heterocycles. The topological polar surface area (TPSA) is 150 Å². The van der Waals surface area contributed by atoms with E-state index >= 15 is 0 Å². The van der Waals surface area contributed by atoms with Crippen LogP contribution in [0.1, 0.15) is 18.4 Å². The lowest BCUT2D eigenvalue weighted by Gasteiger charge is -2.16. The fourth-order valence-corrected chi connectivity index (χ4v) is 2.60. The summed E-state index contributed by atoms with van der Waals surface area (Å²) in [6.07, 6.45) is 5.05. The molecule has 0 saturated carbocycles. The standard InChI is InChI=1S/C17H23N6O2/c18-14(5-3-7-21-17(19)20)16(25)23-12(10-24)8-11-9-22-15-6-2-1-4-13(11)15/h1-2,4,6,9,12,14,22H,3,5,7-8,18H2,(H,23,25)(H4,19,20,21)/t12-,14+/m1/s1. The summed E-state index contributed by atoms with van der Waals surface area (Å²) < 4.78 is 0. The third kappa shape index (κ3) is 5.32. The van der Waals surface area contributed by atoms with Crippen LogP contribution >= 0.6 is 0 Å². The number of guanidine groups is 1. The van der Waals surface area contributed by atoms with E-state index in [2.05, 4.69) is 15.6 Å². The zero-order valence-electron chi connectivity index (χ0n) is 13.8. The quantitative estimate of drug-likeness (QED) is 0.213. The van der Waals surface area contributed by atoms with Crippen LogP contribution in [-0.4, -0.2) is 41.8 Å². The van der Waals surface area contributed by atoms with Crippen LogP contribution in [0.15, 0.2) is 30.5 Å². The van der Waals surface area contributed by atoms with Gasteiger partial charge in [0.1, 0.15) is 0 Å². The summed E-state index contributed by atoms with van der Waals surface area (Å²) in [6, 6.07) is 6.26. The number of aromatic nitrogens is 1. The monoisotopic (exact) mass is 343 g/mol. The Labute approximate surface area is 145 Å². The van der Waals surface area contributed by atoms with Crippen molar-refractivity contribution in [3.05, 3.63) is 36.0 Å². The number of carbonyl (C=O) groups is 1. The highest BCUT2D eigenvalue weighted by atomic mass is 16.2. The Balaban J connectivity index is 1.87. The van der Waals surface area contributed by atoms with Gasteiger partial charge in [-0.15, -0.1) is 0 Å². The molecule has 0 unspecified atom stereocenters. The summed E-state index contributed by atoms with van der Waals surface area (Å²) in [7, 11) is 0. The first-order valence-electron chi connectivity index (χ1n) is 8.07. The Morgan fingerprint density at radius 2 is 2.12 bits per heavy atom. The van der Waals surface area contributed by atoms with E-state index in [0.29, 0.717) is 25.8 Å². The number of hydrogen-bond acceptors (Lipinski definition) is 4. The molecule has 1 aromatic carbocycles. The number of fused-ring (bicyclic) bond motifs is 1. The highest BCUT2D eigenvalue weighted by molar-refractivity contribution is 5.86. The maximum atomic E-state index is 12.1. The number of nitrogens with one attached hydrogen (secondary N) is 4. The van der Waals surface area contributed by atoms with Gasteiger partial charge in [0.2, 0.25) is 12.2 Å². The summed E-state index contributed by atoms with van der Waals surface area (Å²) >= 11 is 0. The highest BCUT2D eigenvalue weighted by Gasteiger charge is 2.19. The number of hydrogen-bond donors (Lipinski definition) is 6. The van der Waals surface area contributed by atoms with E-state index in [1.165, 1.54) is 0 Å². The second-order valence-electron chi connectivity index (χ2n) is 5.83. The molecule has 1 heterocycles. The van der Waals surface area contributed by atoms with Crippen LogP contribution in [-0.2, 0) is 16.0 Å². The molecule has 2 rings (SSSR count). The summed E-state index contributed by atoms with van der Waals surface area (Å²) in [6.45, 7) is 0.467. The van der Waals surface area contributed by atoms with Crippen molar-refractivity contribution in [3.63, 3.8) is 0 Å². The molecular formula is C17H23N6O2. The maximum Gasteiger partial charge on any atom is 0.237 e. The lowest BCUT2D eigenvalue weighted by molar-refractivity contribution is -0.122. The van der Waals surface area contributed by atoms with Crippen LogP contribution < -0.4 is 22.1 Å². The second-order valence-corrected chi connectivity index (χ2v) is 5.83. The van der Waals surface area contributed by atoms with Gasteiger partial charge >= 0.3 is 0 Å². The molecule has 8 nitrogen and oxygen atoms in total. The fourth-order valence-electron chi connectivity index (χ4n) is 2.60. The molecule has 1 amide bonds. The first-order chi connectivity index (χ1) is 12.0. The van der Waals surface area contributed by atoms with Gasteiger partial charge in [-0.1, -0.05) is 18.2 Å². The Morgan fingerprint density at radius 1 is 1.36 bits per heavy atom. The predicted octanol–water partition coefficient (Wildman–Crippen LogP) is -0.105. The van der Waals surface area contributed by atoms with Crippen LogP contribution in [0.5, 0.6) is 0 Å². The number of carbonyl (C=O) groups excluding carboxylic acids is 2. The Hall–Kier alpha value is -2.87. The van der Waals surface area contributed by atoms with Crippen molar-refractivity contribution in [2.45, 2.75) is 31.3 Å². The SMILES string of the molecule is N=C(N)NCCC[C@H](N)C(=O)N[C@@H]([C]=O)Cc1c[nH]c2ccccc12. The van der Waals surface area contributed by atoms with E-state index in [-0.39, 0.29) is 5.96 Å². The summed E-state index contributed by atoms with van der Waals surface area (Å²) in [4.78, 5) is 26.5. The van der Waals surface area contributed by atoms with Gasteiger partial charge in [0.05, 0.1) is 12.1 Å². The fraction of sp³-hybridized carbons (Fsp3) is 0.353. The Bertz CT molecular complexity index is 742. The molecule has 2 atom stereocenters. The number of aromatic amines is 1. The van der Waals surface area contributed by atoms with E-state index < -0.39 is 18.0 Å². The number of nitrogens with two attached hydrogens (primary N) is 2. The molecule has 2 aromatic rings. The normalized spacial score (nSPS) is 13.2. The first-order valence-corrected chi connectivity index (χ1v) is 8.07. The van der Waals surface area contributed by atoms with Gasteiger partial charge in [-0.05, 0) is 24.5 Å². The van der Waals surface area contributed by atoms with Gasteiger partial charge in [-0.3, -0.25) is 15.0 Å². The lowest BCUT2D eigenvalue weighted by Crippen LogP contribution is -2.47. The molecular weight excluding hydrogens is 320 g/mol. The molecule has 1 aromatic heterocycles. The van der Waals surface area contributed by atoms with Crippen LogP contribution in [0.25, 0.3) is 10.9 Å². The van der Waals surface area contributed by atoms with E-state index in [9.17, 15) is 9.59 Å². The third-order valence-corrected chi connectivity index (χ3v) is 3.90. The molecule has 25 heavy (non-hydrogen) atoms. The van der Waals surface area contributed by atoms with Crippen molar-refractivity contribution in [3.8, 4) is 0 Å². The molecule has 0 bridgehead atoms. The third-order valence-electron chi connectivity index (χ3n) is 3.90. The molecule has 8 heteroatoms. The van der Waals surface area contributed by atoms with Crippen molar-refractivity contribution in [1.82, 2.24) is 15.6 Å². The largest absolute Gasteiger partial charge is 0.370 e. The van der Waals surface area contributed by atoms with E-state index in [4.69, 9.17) is 16.9 Å². The molecule has 0 fully saturated rings. The minimum atomic E-state index is -0.756. The minimum Gasteiger partial charge on any atom is -0.370 e. The zero-order valence-corrected chi connectivity index (χ0v) is 13.8. The van der Waals surface area contributed by atoms with Crippen molar-refractivity contribution < 1.29 is 9.59 Å². The van der Waals surface area contributed by atoms with E-state index in [1.54, 1.807) is 0 Å². The van der Waals surface area contributed by atoms with Gasteiger partial charge in [-0.2, -0.15) is 0 Å². The minimum absolute atomic E-state index is 0.118. The molecule has 0 spiro atoms. The van der Waals surface area contributed by atoms with Gasteiger partial charge in [-0.25, -0.2) is 0 Å². The molecule has 8 N–H and O–H groups in total. The molecule has 133 valence electrons. The molecule has 1 radical (unpaired) electrons. The van der Waals surface area contributed by atoms with Crippen molar-refractivity contribution in [2.24, 2.45) is 11.5 Å². The lowest BCUT2D eigenvalue weighted by atomic mass is 10.0. The average Bonchev–Trinajstić information content (AvgIpc) is 3.00. The average molecular weight is 343 g/mol. The Kier molecular flexibility index (Phi) is 6.53. The van der Waals surface area contributed by atoms with E-state index in [1.807, 2.05) is 36.7 Å². The number of amides is 1. The van der Waals surface area contributed by atoms with Crippen molar-refractivity contribution >= 4 is 29.1 Å². The number of rotatable bonds is 9. The van der Waals surface area contributed by atoms with Crippen molar-refractivity contribution in [1.29, 1.82) is 5.41 Å². The number of H-pyrrole nitrogens is 1. The van der Waals surface area contributed by atoms with Gasteiger partial charge in [0, 0.05) is 30.1 Å². The van der Waals surface area contributed by atoms with Crippen LogP contribution in [0, 0.1) is 5.41 Å². The molecule has 0 aliphatic heterocycles. The van der Waals surface area contributed by atoms with Gasteiger partial charge < -0.3 is 27.1 Å². The maximum absolute atomic E-state index is 12.1. The number of para-hydroxylation sites is 1. The highest BCUT2D eigenvalue weighted by Crippen LogP contribution is 2.18. The van der Waals surface area contributed by atoms with Crippen molar-refractivity contribution in [2.75, 3.05) is 6.54 Å². The summed E-state index contributed by atoms with van der Waals surface area (Å²) in [5.41, 5.74) is 12.9. The Morgan fingerprint density at radius 3 is 2.84 bits per heavy atom.